The van der Waals surface area contributed by atoms with Crippen molar-refractivity contribution in [2.75, 3.05) is 38.2 Å². The van der Waals surface area contributed by atoms with Crippen molar-refractivity contribution in [2.45, 2.75) is 31.8 Å². The highest BCUT2D eigenvalue weighted by Crippen LogP contribution is 2.32. The molecule has 0 spiro atoms. The number of benzene rings is 1. The standard InChI is InChI=1S/C19H24FN3O5/c1-12(24)21-10-15-11-23(19(26)28-15)14-3-4-16(17(20)9-14)13-5-7-22(8-6-13)18(25)27-2/h3-4,9,13,15H,5-8,10-11H2,1-2H3,(H,21,24)/t15-/m0/s1. The topological polar surface area (TPSA) is 88.2 Å². The second-order valence-electron chi connectivity index (χ2n) is 6.99. The van der Waals surface area contributed by atoms with Crippen LogP contribution >= 0.6 is 0 Å². The fraction of sp³-hybridized carbons (Fsp3) is 0.526. The predicted molar refractivity (Wildman–Crippen MR) is 98.7 cm³/mol. The normalized spacial score (nSPS) is 20.1. The van der Waals surface area contributed by atoms with Crippen LogP contribution in [0, 0.1) is 5.82 Å². The first-order valence-electron chi connectivity index (χ1n) is 9.24. The molecule has 0 aromatic heterocycles. The highest BCUT2D eigenvalue weighted by molar-refractivity contribution is 5.89. The minimum Gasteiger partial charge on any atom is -0.453 e. The number of methoxy groups -OCH3 is 1. The summed E-state index contributed by atoms with van der Waals surface area (Å²) in [5, 5.41) is 2.61. The van der Waals surface area contributed by atoms with Crippen molar-refractivity contribution in [1.29, 1.82) is 0 Å². The summed E-state index contributed by atoms with van der Waals surface area (Å²) in [5.74, 6) is -0.580. The van der Waals surface area contributed by atoms with Crippen LogP contribution < -0.4 is 10.2 Å². The third-order valence-corrected chi connectivity index (χ3v) is 5.12. The van der Waals surface area contributed by atoms with E-state index >= 15 is 0 Å². The monoisotopic (exact) mass is 393 g/mol. The van der Waals surface area contributed by atoms with Crippen LogP contribution in [0.5, 0.6) is 0 Å². The first-order chi connectivity index (χ1) is 13.4. The molecule has 3 rings (SSSR count). The molecular formula is C19H24FN3O5. The molecule has 2 heterocycles. The van der Waals surface area contributed by atoms with E-state index in [2.05, 4.69) is 5.32 Å². The number of piperidine rings is 1. The number of halogens is 1. The third kappa shape index (κ3) is 4.35. The molecule has 1 aromatic rings. The Balaban J connectivity index is 1.64. The van der Waals surface area contributed by atoms with Gasteiger partial charge in [-0.3, -0.25) is 9.69 Å². The van der Waals surface area contributed by atoms with E-state index in [1.807, 2.05) is 0 Å². The van der Waals surface area contributed by atoms with Gasteiger partial charge in [-0.05, 0) is 36.5 Å². The quantitative estimate of drug-likeness (QED) is 0.848. The zero-order valence-corrected chi connectivity index (χ0v) is 15.9. The van der Waals surface area contributed by atoms with Crippen molar-refractivity contribution in [3.63, 3.8) is 0 Å². The van der Waals surface area contributed by atoms with Gasteiger partial charge in [0.15, 0.2) is 0 Å². The zero-order valence-electron chi connectivity index (χ0n) is 15.9. The van der Waals surface area contributed by atoms with Crippen LogP contribution in [-0.4, -0.2) is 62.4 Å². The molecule has 0 bridgehead atoms. The molecule has 2 saturated heterocycles. The summed E-state index contributed by atoms with van der Waals surface area (Å²) in [6, 6.07) is 4.73. The number of amides is 3. The zero-order chi connectivity index (χ0) is 20.3. The fourth-order valence-electron chi connectivity index (χ4n) is 3.61. The number of carbonyl (C=O) groups excluding carboxylic acids is 3. The Hall–Kier alpha value is -2.84. The number of cyclic esters (lactones) is 1. The lowest BCUT2D eigenvalue weighted by atomic mass is 9.89. The summed E-state index contributed by atoms with van der Waals surface area (Å²) < 4.78 is 24.7. The molecule has 0 radical (unpaired) electrons. The Kier molecular flexibility index (Phi) is 6.01. The molecule has 8 nitrogen and oxygen atoms in total. The number of rotatable bonds is 4. The minimum absolute atomic E-state index is 0.00741. The Labute approximate surface area is 162 Å². The molecule has 0 unspecified atom stereocenters. The lowest BCUT2D eigenvalue weighted by Crippen LogP contribution is -2.37. The van der Waals surface area contributed by atoms with E-state index in [9.17, 15) is 18.8 Å². The van der Waals surface area contributed by atoms with Crippen molar-refractivity contribution in [2.24, 2.45) is 0 Å². The van der Waals surface area contributed by atoms with E-state index in [1.165, 1.54) is 25.0 Å². The summed E-state index contributed by atoms with van der Waals surface area (Å²) in [6.07, 6.45) is -0.0995. The van der Waals surface area contributed by atoms with Crippen LogP contribution in [0.1, 0.15) is 31.2 Å². The average Bonchev–Trinajstić information content (AvgIpc) is 3.06. The van der Waals surface area contributed by atoms with Crippen molar-refractivity contribution in [3.05, 3.63) is 29.6 Å². The Morgan fingerprint density at radius 1 is 1.32 bits per heavy atom. The molecule has 0 aliphatic carbocycles. The van der Waals surface area contributed by atoms with Gasteiger partial charge in [-0.1, -0.05) is 6.07 Å². The van der Waals surface area contributed by atoms with Crippen molar-refractivity contribution >= 4 is 23.8 Å². The third-order valence-electron chi connectivity index (χ3n) is 5.12. The van der Waals surface area contributed by atoms with Crippen LogP contribution in [0.3, 0.4) is 0 Å². The summed E-state index contributed by atoms with van der Waals surface area (Å²) >= 11 is 0. The number of nitrogens with zero attached hydrogens (tertiary/aromatic N) is 2. The lowest BCUT2D eigenvalue weighted by molar-refractivity contribution is -0.119. The minimum atomic E-state index is -0.561. The smallest absolute Gasteiger partial charge is 0.414 e. The maximum atomic E-state index is 14.7. The number of nitrogens with one attached hydrogen (secondary N) is 1. The molecule has 152 valence electrons. The molecule has 1 N–H and O–H groups in total. The number of anilines is 1. The number of hydrogen-bond donors (Lipinski definition) is 1. The Morgan fingerprint density at radius 3 is 2.64 bits per heavy atom. The molecule has 28 heavy (non-hydrogen) atoms. The highest BCUT2D eigenvalue weighted by Gasteiger charge is 2.33. The lowest BCUT2D eigenvalue weighted by Gasteiger charge is -2.31. The number of ether oxygens (including phenoxy) is 2. The molecule has 9 heteroatoms. The van der Waals surface area contributed by atoms with Crippen molar-refractivity contribution in [3.8, 4) is 0 Å². The molecule has 1 atom stereocenters. The van der Waals surface area contributed by atoms with E-state index < -0.39 is 12.2 Å². The summed E-state index contributed by atoms with van der Waals surface area (Å²) in [4.78, 5) is 37.6. The van der Waals surface area contributed by atoms with Crippen molar-refractivity contribution in [1.82, 2.24) is 10.2 Å². The molecule has 0 saturated carbocycles. The van der Waals surface area contributed by atoms with E-state index in [0.717, 1.165) is 0 Å². The van der Waals surface area contributed by atoms with Crippen molar-refractivity contribution < 1.29 is 28.2 Å². The van der Waals surface area contributed by atoms with Gasteiger partial charge in [0.05, 0.1) is 25.9 Å². The van der Waals surface area contributed by atoms with Gasteiger partial charge < -0.3 is 19.7 Å². The van der Waals surface area contributed by atoms with Gasteiger partial charge in [-0.2, -0.15) is 0 Å². The fourth-order valence-corrected chi connectivity index (χ4v) is 3.61. The van der Waals surface area contributed by atoms with Gasteiger partial charge >= 0.3 is 12.2 Å². The summed E-state index contributed by atoms with van der Waals surface area (Å²) in [7, 11) is 1.34. The van der Waals surface area contributed by atoms with E-state index in [1.54, 1.807) is 17.0 Å². The molecule has 2 fully saturated rings. The summed E-state index contributed by atoms with van der Waals surface area (Å²) in [6.45, 7) is 2.88. The van der Waals surface area contributed by atoms with Gasteiger partial charge in [0.1, 0.15) is 11.9 Å². The number of carbonyl (C=O) groups is 3. The molecule has 3 amide bonds. The first-order valence-corrected chi connectivity index (χ1v) is 9.24. The van der Waals surface area contributed by atoms with Crippen LogP contribution in [-0.2, 0) is 14.3 Å². The average molecular weight is 393 g/mol. The predicted octanol–water partition coefficient (Wildman–Crippen LogP) is 2.23. The largest absolute Gasteiger partial charge is 0.453 e. The Bertz CT molecular complexity index is 764. The summed E-state index contributed by atoms with van der Waals surface area (Å²) in [5.41, 5.74) is 0.999. The molecule has 2 aliphatic heterocycles. The van der Waals surface area contributed by atoms with Gasteiger partial charge in [-0.25, -0.2) is 14.0 Å². The second kappa shape index (κ2) is 8.45. The molecule has 2 aliphatic rings. The first kappa shape index (κ1) is 19.9. The van der Waals surface area contributed by atoms with Gasteiger partial charge in [-0.15, -0.1) is 0 Å². The van der Waals surface area contributed by atoms with Gasteiger partial charge in [0.2, 0.25) is 5.91 Å². The molecule has 1 aromatic carbocycles. The van der Waals surface area contributed by atoms with Gasteiger partial charge in [0.25, 0.3) is 0 Å². The van der Waals surface area contributed by atoms with E-state index in [4.69, 9.17) is 9.47 Å². The Morgan fingerprint density at radius 2 is 2.04 bits per heavy atom. The number of likely N-dealkylation sites (tertiary alicyclic amines) is 1. The van der Waals surface area contributed by atoms with Crippen LogP contribution in [0.2, 0.25) is 0 Å². The maximum Gasteiger partial charge on any atom is 0.414 e. The SMILES string of the molecule is COC(=O)N1CCC(c2ccc(N3C[C@H](CNC(C)=O)OC3=O)cc2F)CC1. The van der Waals surface area contributed by atoms with E-state index in [-0.39, 0.29) is 36.8 Å². The molecular weight excluding hydrogens is 369 g/mol. The van der Waals surface area contributed by atoms with Gasteiger partial charge in [0, 0.05) is 20.0 Å². The van der Waals surface area contributed by atoms with Crippen LogP contribution in [0.4, 0.5) is 19.7 Å². The highest BCUT2D eigenvalue weighted by atomic mass is 19.1. The second-order valence-corrected chi connectivity index (χ2v) is 6.99. The van der Waals surface area contributed by atoms with Crippen LogP contribution in [0.15, 0.2) is 18.2 Å². The number of hydrogen-bond acceptors (Lipinski definition) is 5. The maximum absolute atomic E-state index is 14.7. The van der Waals surface area contributed by atoms with E-state index in [0.29, 0.717) is 37.2 Å². The van der Waals surface area contributed by atoms with Crippen LogP contribution in [0.25, 0.3) is 0 Å².